The van der Waals surface area contributed by atoms with E-state index < -0.39 is 0 Å². The van der Waals surface area contributed by atoms with Gasteiger partial charge in [0.1, 0.15) is 0 Å². The monoisotopic (exact) mass is 234 g/mol. The van der Waals surface area contributed by atoms with Crippen LogP contribution in [-0.2, 0) is 6.54 Å². The van der Waals surface area contributed by atoms with Crippen molar-refractivity contribution in [3.05, 3.63) is 40.7 Å². The van der Waals surface area contributed by atoms with Crippen molar-refractivity contribution in [2.45, 2.75) is 32.4 Å². The molecule has 16 heavy (non-hydrogen) atoms. The topological polar surface area (TPSA) is 16.4 Å². The smallest absolute Gasteiger partial charge is 0.0693 e. The van der Waals surface area contributed by atoms with Gasteiger partial charge in [0, 0.05) is 24.5 Å². The van der Waals surface area contributed by atoms with E-state index in [1.165, 1.54) is 24.1 Å². The van der Waals surface area contributed by atoms with E-state index in [-0.39, 0.29) is 0 Å². The van der Waals surface area contributed by atoms with Crippen LogP contribution in [0.3, 0.4) is 0 Å². The second kappa shape index (κ2) is 3.79. The molecule has 0 bridgehead atoms. The standard InChI is InChI=1S/C13H15ClN2/c1-9-12(8-15-10-5-6-10)16-7-3-2-4-11(16)13(9)14/h2-4,7,10,15H,5-6,8H2,1H3. The van der Waals surface area contributed by atoms with Gasteiger partial charge in [-0.2, -0.15) is 0 Å². The Balaban J connectivity index is 2.03. The van der Waals surface area contributed by atoms with E-state index >= 15 is 0 Å². The molecule has 1 aliphatic rings. The van der Waals surface area contributed by atoms with E-state index in [1.807, 2.05) is 12.1 Å². The van der Waals surface area contributed by atoms with Gasteiger partial charge in [-0.1, -0.05) is 17.7 Å². The molecule has 2 aromatic rings. The molecule has 3 rings (SSSR count). The van der Waals surface area contributed by atoms with Crippen LogP contribution in [0.25, 0.3) is 5.52 Å². The van der Waals surface area contributed by atoms with Crippen molar-refractivity contribution in [3.8, 4) is 0 Å². The summed E-state index contributed by atoms with van der Waals surface area (Å²) >= 11 is 6.33. The van der Waals surface area contributed by atoms with Gasteiger partial charge in [0.2, 0.25) is 0 Å². The molecule has 0 amide bonds. The highest BCUT2D eigenvalue weighted by Gasteiger charge is 2.21. The summed E-state index contributed by atoms with van der Waals surface area (Å²) in [5, 5.41) is 4.42. The number of pyridine rings is 1. The number of aromatic nitrogens is 1. The first-order valence-electron chi connectivity index (χ1n) is 5.75. The molecule has 1 aliphatic carbocycles. The predicted molar refractivity (Wildman–Crippen MR) is 67.0 cm³/mol. The lowest BCUT2D eigenvalue weighted by Gasteiger charge is -2.05. The second-order valence-corrected chi connectivity index (χ2v) is 4.87. The number of hydrogen-bond acceptors (Lipinski definition) is 1. The van der Waals surface area contributed by atoms with Gasteiger partial charge in [0.15, 0.2) is 0 Å². The minimum atomic E-state index is 0.729. The summed E-state index contributed by atoms with van der Waals surface area (Å²) in [7, 11) is 0. The Kier molecular flexibility index (Phi) is 2.41. The van der Waals surface area contributed by atoms with Crippen LogP contribution in [0.2, 0.25) is 5.02 Å². The van der Waals surface area contributed by atoms with E-state index in [4.69, 9.17) is 11.6 Å². The predicted octanol–water partition coefficient (Wildman–Crippen LogP) is 3.15. The summed E-state index contributed by atoms with van der Waals surface area (Å²) in [5.41, 5.74) is 3.59. The van der Waals surface area contributed by atoms with Crippen molar-refractivity contribution in [1.29, 1.82) is 0 Å². The second-order valence-electron chi connectivity index (χ2n) is 4.50. The lowest BCUT2D eigenvalue weighted by molar-refractivity contribution is 0.668. The fraction of sp³-hybridized carbons (Fsp3) is 0.385. The van der Waals surface area contributed by atoms with Crippen LogP contribution in [0.1, 0.15) is 24.1 Å². The number of nitrogens with one attached hydrogen (secondary N) is 1. The van der Waals surface area contributed by atoms with Crippen molar-refractivity contribution in [1.82, 2.24) is 9.72 Å². The molecule has 0 aromatic carbocycles. The molecule has 0 saturated heterocycles. The highest BCUT2D eigenvalue weighted by molar-refractivity contribution is 6.34. The van der Waals surface area contributed by atoms with Crippen LogP contribution in [0.15, 0.2) is 24.4 Å². The fourth-order valence-corrected chi connectivity index (χ4v) is 2.37. The van der Waals surface area contributed by atoms with Gasteiger partial charge in [-0.05, 0) is 37.5 Å². The molecule has 1 N–H and O–H groups in total. The van der Waals surface area contributed by atoms with E-state index in [2.05, 4.69) is 28.9 Å². The molecule has 1 saturated carbocycles. The molecule has 0 atom stereocenters. The maximum atomic E-state index is 6.33. The Morgan fingerprint density at radius 2 is 2.25 bits per heavy atom. The summed E-state index contributed by atoms with van der Waals surface area (Å²) in [6.45, 7) is 3.01. The van der Waals surface area contributed by atoms with Crippen molar-refractivity contribution in [3.63, 3.8) is 0 Å². The van der Waals surface area contributed by atoms with Gasteiger partial charge in [0.05, 0.1) is 10.5 Å². The van der Waals surface area contributed by atoms with Crippen LogP contribution < -0.4 is 5.32 Å². The molecule has 3 heteroatoms. The van der Waals surface area contributed by atoms with Crippen molar-refractivity contribution in [2.75, 3.05) is 0 Å². The molecule has 2 aromatic heterocycles. The Morgan fingerprint density at radius 3 is 3.00 bits per heavy atom. The Morgan fingerprint density at radius 1 is 1.44 bits per heavy atom. The van der Waals surface area contributed by atoms with Gasteiger partial charge in [-0.15, -0.1) is 0 Å². The minimum absolute atomic E-state index is 0.729. The molecule has 0 radical (unpaired) electrons. The lowest BCUT2D eigenvalue weighted by atomic mass is 10.2. The number of fused-ring (bicyclic) bond motifs is 1. The summed E-state index contributed by atoms with van der Waals surface area (Å²) in [6.07, 6.45) is 4.71. The normalized spacial score (nSPS) is 15.9. The van der Waals surface area contributed by atoms with Crippen LogP contribution in [-0.4, -0.2) is 10.4 Å². The van der Waals surface area contributed by atoms with E-state index in [9.17, 15) is 0 Å². The SMILES string of the molecule is Cc1c(Cl)c2ccccn2c1CNC1CC1. The van der Waals surface area contributed by atoms with E-state index in [0.29, 0.717) is 0 Å². The number of rotatable bonds is 3. The first kappa shape index (κ1) is 10.2. The number of halogens is 1. The molecular formula is C13H15ClN2. The van der Waals surface area contributed by atoms with Gasteiger partial charge < -0.3 is 9.72 Å². The number of hydrogen-bond donors (Lipinski definition) is 1. The maximum absolute atomic E-state index is 6.33. The Hall–Kier alpha value is -0.990. The van der Waals surface area contributed by atoms with Crippen molar-refractivity contribution >= 4 is 17.1 Å². The first-order chi connectivity index (χ1) is 7.77. The third-order valence-electron chi connectivity index (χ3n) is 3.27. The maximum Gasteiger partial charge on any atom is 0.0693 e. The van der Waals surface area contributed by atoms with Crippen molar-refractivity contribution in [2.24, 2.45) is 0 Å². The summed E-state index contributed by atoms with van der Waals surface area (Å²) in [6, 6.07) is 6.87. The van der Waals surface area contributed by atoms with Crippen LogP contribution in [0.5, 0.6) is 0 Å². The van der Waals surface area contributed by atoms with Gasteiger partial charge in [0.25, 0.3) is 0 Å². The Labute approximate surface area is 100 Å². The average Bonchev–Trinajstić information content (AvgIpc) is 3.09. The third-order valence-corrected chi connectivity index (χ3v) is 3.75. The first-order valence-corrected chi connectivity index (χ1v) is 6.12. The van der Waals surface area contributed by atoms with E-state index in [1.54, 1.807) is 0 Å². The average molecular weight is 235 g/mol. The molecule has 0 unspecified atom stereocenters. The summed E-state index contributed by atoms with van der Waals surface area (Å²) < 4.78 is 2.19. The van der Waals surface area contributed by atoms with Gasteiger partial charge >= 0.3 is 0 Å². The quantitative estimate of drug-likeness (QED) is 0.863. The molecular weight excluding hydrogens is 220 g/mol. The minimum Gasteiger partial charge on any atom is -0.318 e. The molecule has 0 spiro atoms. The third kappa shape index (κ3) is 1.62. The lowest BCUT2D eigenvalue weighted by Crippen LogP contribution is -2.17. The zero-order valence-electron chi connectivity index (χ0n) is 9.33. The molecule has 1 fully saturated rings. The van der Waals surface area contributed by atoms with Crippen molar-refractivity contribution < 1.29 is 0 Å². The van der Waals surface area contributed by atoms with Gasteiger partial charge in [-0.25, -0.2) is 0 Å². The summed E-state index contributed by atoms with van der Waals surface area (Å²) in [4.78, 5) is 0. The zero-order chi connectivity index (χ0) is 11.1. The highest BCUT2D eigenvalue weighted by Crippen LogP contribution is 2.28. The zero-order valence-corrected chi connectivity index (χ0v) is 10.1. The van der Waals surface area contributed by atoms with Crippen LogP contribution in [0, 0.1) is 6.92 Å². The summed E-state index contributed by atoms with van der Waals surface area (Å²) in [5.74, 6) is 0. The molecule has 84 valence electrons. The van der Waals surface area contributed by atoms with Crippen LogP contribution >= 0.6 is 11.6 Å². The van der Waals surface area contributed by atoms with Gasteiger partial charge in [-0.3, -0.25) is 0 Å². The Bertz CT molecular complexity index is 526. The largest absolute Gasteiger partial charge is 0.318 e. The van der Waals surface area contributed by atoms with E-state index in [0.717, 1.165) is 23.1 Å². The highest BCUT2D eigenvalue weighted by atomic mass is 35.5. The molecule has 2 heterocycles. The van der Waals surface area contributed by atoms with Crippen LogP contribution in [0.4, 0.5) is 0 Å². The molecule has 0 aliphatic heterocycles. The molecule has 2 nitrogen and oxygen atoms in total. The number of nitrogens with zero attached hydrogens (tertiary/aromatic N) is 1. The fourth-order valence-electron chi connectivity index (χ4n) is 2.10.